The largest absolute Gasteiger partial charge is 0.444 e. The lowest BCUT2D eigenvalue weighted by Gasteiger charge is -2.23. The summed E-state index contributed by atoms with van der Waals surface area (Å²) in [6, 6.07) is 8.85. The summed E-state index contributed by atoms with van der Waals surface area (Å²) in [6.07, 6.45) is -0.912. The van der Waals surface area contributed by atoms with Crippen LogP contribution in [-0.4, -0.2) is 44.4 Å². The molecule has 0 aliphatic heterocycles. The van der Waals surface area contributed by atoms with Crippen molar-refractivity contribution < 1.29 is 22.7 Å². The van der Waals surface area contributed by atoms with Gasteiger partial charge in [-0.3, -0.25) is 4.79 Å². The molecule has 8 nitrogen and oxygen atoms in total. The van der Waals surface area contributed by atoms with Crippen LogP contribution in [-0.2, 0) is 25.1 Å². The zero-order valence-corrected chi connectivity index (χ0v) is 15.8. The zero-order valence-electron chi connectivity index (χ0n) is 15.0. The zero-order chi connectivity index (χ0) is 19.8. The Labute approximate surface area is 153 Å². The van der Waals surface area contributed by atoms with Crippen molar-refractivity contribution in [2.75, 3.05) is 12.3 Å². The number of carbonyl (C=O) groups is 2. The Morgan fingerprint density at radius 2 is 1.85 bits per heavy atom. The fourth-order valence-electron chi connectivity index (χ4n) is 2.02. The SMILES string of the molecule is CC(C)(C)OC(=O)N[C@@H](CS(=O)(=O)Cc1ccccc1)C(=O)NCC#N. The van der Waals surface area contributed by atoms with E-state index in [1.807, 2.05) is 0 Å². The van der Waals surface area contributed by atoms with Crippen LogP contribution in [0.2, 0.25) is 0 Å². The van der Waals surface area contributed by atoms with Crippen LogP contribution in [0.5, 0.6) is 0 Å². The normalized spacial score (nSPS) is 12.5. The quantitative estimate of drug-likeness (QED) is 0.682. The Morgan fingerprint density at radius 1 is 1.23 bits per heavy atom. The first-order valence-corrected chi connectivity index (χ1v) is 9.73. The second-order valence-corrected chi connectivity index (χ2v) is 8.72. The van der Waals surface area contributed by atoms with Gasteiger partial charge in [-0.1, -0.05) is 30.3 Å². The summed E-state index contributed by atoms with van der Waals surface area (Å²) in [7, 11) is -3.71. The highest BCUT2D eigenvalue weighted by atomic mass is 32.2. The second-order valence-electron chi connectivity index (χ2n) is 6.61. The lowest BCUT2D eigenvalue weighted by atomic mass is 10.2. The predicted octanol–water partition coefficient (Wildman–Crippen LogP) is 1.13. The minimum absolute atomic E-state index is 0.272. The summed E-state index contributed by atoms with van der Waals surface area (Å²) in [4.78, 5) is 24.1. The fraction of sp³-hybridized carbons (Fsp3) is 0.471. The van der Waals surface area contributed by atoms with Crippen LogP contribution < -0.4 is 10.6 Å². The number of hydrogen-bond acceptors (Lipinski definition) is 6. The number of rotatable bonds is 7. The molecular formula is C17H23N3O5S. The summed E-state index contributed by atoms with van der Waals surface area (Å²) >= 11 is 0. The molecule has 1 atom stereocenters. The van der Waals surface area contributed by atoms with Crippen molar-refractivity contribution in [2.24, 2.45) is 0 Å². The van der Waals surface area contributed by atoms with E-state index in [-0.39, 0.29) is 12.3 Å². The Kier molecular flexibility index (Phi) is 7.58. The molecule has 26 heavy (non-hydrogen) atoms. The minimum Gasteiger partial charge on any atom is -0.444 e. The minimum atomic E-state index is -3.71. The van der Waals surface area contributed by atoms with Gasteiger partial charge in [0.2, 0.25) is 5.91 Å². The Morgan fingerprint density at radius 3 is 2.38 bits per heavy atom. The summed E-state index contributed by atoms with van der Waals surface area (Å²) in [5, 5.41) is 13.1. The van der Waals surface area contributed by atoms with Crippen LogP contribution in [0.3, 0.4) is 0 Å². The van der Waals surface area contributed by atoms with E-state index in [1.165, 1.54) is 0 Å². The van der Waals surface area contributed by atoms with Gasteiger partial charge in [0.15, 0.2) is 9.84 Å². The standard InChI is InChI=1S/C17H23N3O5S/c1-17(2,3)25-16(22)20-14(15(21)19-10-9-18)12-26(23,24)11-13-7-5-4-6-8-13/h4-8,14H,10-12H2,1-3H3,(H,19,21)(H,20,22)/t14-/m0/s1. The molecule has 9 heteroatoms. The van der Waals surface area contributed by atoms with E-state index in [4.69, 9.17) is 10.00 Å². The number of carbonyl (C=O) groups excluding carboxylic acids is 2. The first kappa shape index (κ1) is 21.4. The van der Waals surface area contributed by atoms with E-state index >= 15 is 0 Å². The molecule has 0 bridgehead atoms. The Hall–Kier alpha value is -2.60. The van der Waals surface area contributed by atoms with E-state index in [9.17, 15) is 18.0 Å². The lowest BCUT2D eigenvalue weighted by molar-refractivity contribution is -0.122. The van der Waals surface area contributed by atoms with Crippen LogP contribution in [0, 0.1) is 11.3 Å². The third-order valence-corrected chi connectivity index (χ3v) is 4.61. The molecule has 1 rings (SSSR count). The van der Waals surface area contributed by atoms with Crippen molar-refractivity contribution in [3.8, 4) is 6.07 Å². The highest BCUT2D eigenvalue weighted by Crippen LogP contribution is 2.10. The first-order valence-electron chi connectivity index (χ1n) is 7.91. The number of hydrogen-bond donors (Lipinski definition) is 2. The Bertz CT molecular complexity index is 764. The Balaban J connectivity index is 2.88. The van der Waals surface area contributed by atoms with Gasteiger partial charge in [-0.05, 0) is 26.3 Å². The van der Waals surface area contributed by atoms with Gasteiger partial charge in [-0.2, -0.15) is 5.26 Å². The van der Waals surface area contributed by atoms with Crippen molar-refractivity contribution in [1.29, 1.82) is 5.26 Å². The monoisotopic (exact) mass is 381 g/mol. The molecule has 0 unspecified atom stereocenters. The number of nitrogens with one attached hydrogen (secondary N) is 2. The predicted molar refractivity (Wildman–Crippen MR) is 95.7 cm³/mol. The highest BCUT2D eigenvalue weighted by Gasteiger charge is 2.29. The van der Waals surface area contributed by atoms with Gasteiger partial charge < -0.3 is 15.4 Å². The smallest absolute Gasteiger partial charge is 0.408 e. The molecule has 1 aromatic carbocycles. The molecule has 0 aliphatic rings. The van der Waals surface area contributed by atoms with Gasteiger partial charge in [0.25, 0.3) is 0 Å². The molecule has 0 saturated heterocycles. The van der Waals surface area contributed by atoms with Crippen molar-refractivity contribution >= 4 is 21.8 Å². The maximum atomic E-state index is 12.4. The van der Waals surface area contributed by atoms with Crippen LogP contribution in [0.25, 0.3) is 0 Å². The van der Waals surface area contributed by atoms with E-state index in [0.717, 1.165) is 0 Å². The van der Waals surface area contributed by atoms with Gasteiger partial charge in [0.05, 0.1) is 17.6 Å². The second kappa shape index (κ2) is 9.20. The summed E-state index contributed by atoms with van der Waals surface area (Å²) < 4.78 is 29.9. The molecule has 1 aromatic rings. The maximum absolute atomic E-state index is 12.4. The van der Waals surface area contributed by atoms with E-state index < -0.39 is 39.2 Å². The first-order chi connectivity index (χ1) is 12.0. The van der Waals surface area contributed by atoms with Crippen LogP contribution >= 0.6 is 0 Å². The van der Waals surface area contributed by atoms with Gasteiger partial charge in [0.1, 0.15) is 18.2 Å². The summed E-state index contributed by atoms with van der Waals surface area (Å²) in [5.74, 6) is -1.65. The van der Waals surface area contributed by atoms with E-state index in [0.29, 0.717) is 5.56 Å². The molecule has 0 radical (unpaired) electrons. The van der Waals surface area contributed by atoms with Crippen LogP contribution in [0.1, 0.15) is 26.3 Å². The summed E-state index contributed by atoms with van der Waals surface area (Å²) in [5.41, 5.74) is -0.235. The third-order valence-electron chi connectivity index (χ3n) is 3.00. The molecule has 2 amide bonds. The third kappa shape index (κ3) is 8.48. The van der Waals surface area contributed by atoms with Crippen molar-refractivity contribution in [3.63, 3.8) is 0 Å². The number of amides is 2. The molecule has 0 aromatic heterocycles. The average molecular weight is 381 g/mol. The van der Waals surface area contributed by atoms with Gasteiger partial charge >= 0.3 is 6.09 Å². The summed E-state index contributed by atoms with van der Waals surface area (Å²) in [6.45, 7) is 4.63. The van der Waals surface area contributed by atoms with Crippen molar-refractivity contribution in [3.05, 3.63) is 35.9 Å². The molecule has 0 spiro atoms. The molecule has 0 fully saturated rings. The van der Waals surface area contributed by atoms with Gasteiger partial charge in [-0.15, -0.1) is 0 Å². The molecule has 2 N–H and O–H groups in total. The van der Waals surface area contributed by atoms with Crippen LogP contribution in [0.15, 0.2) is 30.3 Å². The number of benzene rings is 1. The van der Waals surface area contributed by atoms with Gasteiger partial charge in [0, 0.05) is 0 Å². The molecular weight excluding hydrogens is 358 g/mol. The fourth-order valence-corrected chi connectivity index (χ4v) is 3.58. The number of sulfone groups is 1. The molecule has 0 heterocycles. The highest BCUT2D eigenvalue weighted by molar-refractivity contribution is 7.90. The molecule has 142 valence electrons. The van der Waals surface area contributed by atoms with Crippen molar-refractivity contribution in [2.45, 2.75) is 38.2 Å². The number of nitrogens with zero attached hydrogens (tertiary/aromatic N) is 1. The van der Waals surface area contributed by atoms with Crippen molar-refractivity contribution in [1.82, 2.24) is 10.6 Å². The number of alkyl carbamates (subject to hydrolysis) is 1. The number of ether oxygens (including phenoxy) is 1. The molecule has 0 aliphatic carbocycles. The maximum Gasteiger partial charge on any atom is 0.408 e. The molecule has 0 saturated carbocycles. The van der Waals surface area contributed by atoms with Crippen LogP contribution in [0.4, 0.5) is 4.79 Å². The topological polar surface area (TPSA) is 125 Å². The van der Waals surface area contributed by atoms with E-state index in [2.05, 4.69) is 10.6 Å². The lowest BCUT2D eigenvalue weighted by Crippen LogP contribution is -2.51. The number of nitriles is 1. The average Bonchev–Trinajstić information content (AvgIpc) is 2.50. The van der Waals surface area contributed by atoms with Gasteiger partial charge in [-0.25, -0.2) is 13.2 Å². The van der Waals surface area contributed by atoms with E-state index in [1.54, 1.807) is 57.2 Å².